The molecule has 1 aliphatic rings. The Labute approximate surface area is 124 Å². The van der Waals surface area contributed by atoms with Crippen molar-refractivity contribution in [1.29, 1.82) is 0 Å². The van der Waals surface area contributed by atoms with E-state index in [1.54, 1.807) is 11.3 Å². The zero-order valence-electron chi connectivity index (χ0n) is 11.9. The lowest BCUT2D eigenvalue weighted by molar-refractivity contribution is 0.0843. The van der Waals surface area contributed by atoms with Crippen LogP contribution >= 0.6 is 11.3 Å². The first-order valence-corrected chi connectivity index (χ1v) is 8.26. The molecule has 1 aliphatic carbocycles. The monoisotopic (exact) mass is 284 g/mol. The van der Waals surface area contributed by atoms with Crippen LogP contribution in [0.3, 0.4) is 0 Å². The van der Waals surface area contributed by atoms with E-state index in [4.69, 9.17) is 0 Å². The Morgan fingerprint density at radius 1 is 1.05 bits per heavy atom. The lowest BCUT2D eigenvalue weighted by atomic mass is 9.66. The molecule has 1 aromatic carbocycles. The third kappa shape index (κ3) is 2.22. The number of benzene rings is 1. The molecule has 0 amide bonds. The van der Waals surface area contributed by atoms with Crippen molar-refractivity contribution in [2.24, 2.45) is 0 Å². The Balaban J connectivity index is 2.07. The second-order valence-corrected chi connectivity index (χ2v) is 6.69. The zero-order valence-corrected chi connectivity index (χ0v) is 12.7. The number of carbonyl (C=O) groups excluding carboxylic acids is 1. The topological polar surface area (TPSA) is 17.1 Å². The smallest absolute Gasteiger partial charge is 0.183 e. The van der Waals surface area contributed by atoms with Gasteiger partial charge in [-0.15, -0.1) is 11.3 Å². The van der Waals surface area contributed by atoms with Gasteiger partial charge in [0.05, 0.1) is 10.3 Å². The van der Waals surface area contributed by atoms with Crippen LogP contribution in [0.4, 0.5) is 0 Å². The van der Waals surface area contributed by atoms with Gasteiger partial charge < -0.3 is 0 Å². The molecule has 2 aromatic rings. The summed E-state index contributed by atoms with van der Waals surface area (Å²) in [4.78, 5) is 14.2. The summed E-state index contributed by atoms with van der Waals surface area (Å²) >= 11 is 1.59. The fourth-order valence-electron chi connectivity index (χ4n) is 3.38. The molecule has 0 radical (unpaired) electrons. The third-order valence-corrected chi connectivity index (χ3v) is 5.55. The second-order valence-electron chi connectivity index (χ2n) is 5.77. The molecule has 0 bridgehead atoms. The SMILES string of the molecule is Cc1ccsc1C(=O)C1(c2ccccc2)CCCCC1. The van der Waals surface area contributed by atoms with Gasteiger partial charge >= 0.3 is 0 Å². The summed E-state index contributed by atoms with van der Waals surface area (Å²) in [5.74, 6) is 0.343. The molecular formula is C18H20OS. The highest BCUT2D eigenvalue weighted by molar-refractivity contribution is 7.12. The van der Waals surface area contributed by atoms with E-state index in [9.17, 15) is 4.79 Å². The van der Waals surface area contributed by atoms with E-state index < -0.39 is 0 Å². The van der Waals surface area contributed by atoms with Crippen LogP contribution in [0.2, 0.25) is 0 Å². The van der Waals surface area contributed by atoms with E-state index in [0.717, 1.165) is 36.1 Å². The molecule has 0 N–H and O–H groups in total. The molecule has 0 atom stereocenters. The molecule has 0 spiro atoms. The van der Waals surface area contributed by atoms with Crippen LogP contribution in [0.5, 0.6) is 0 Å². The maximum absolute atomic E-state index is 13.2. The molecule has 0 saturated heterocycles. The first kappa shape index (κ1) is 13.6. The van der Waals surface area contributed by atoms with Gasteiger partial charge in [-0.2, -0.15) is 0 Å². The predicted octanol–water partition coefficient (Wildman–Crippen LogP) is 5.14. The highest BCUT2D eigenvalue weighted by Crippen LogP contribution is 2.43. The lowest BCUT2D eigenvalue weighted by Gasteiger charge is -2.36. The van der Waals surface area contributed by atoms with Gasteiger partial charge in [-0.3, -0.25) is 4.79 Å². The molecule has 3 rings (SSSR count). The van der Waals surface area contributed by atoms with Crippen LogP contribution in [0, 0.1) is 6.92 Å². The molecule has 1 heterocycles. The van der Waals surface area contributed by atoms with Gasteiger partial charge in [0.15, 0.2) is 5.78 Å². The van der Waals surface area contributed by atoms with Crippen molar-refractivity contribution in [3.05, 3.63) is 57.8 Å². The number of carbonyl (C=O) groups is 1. The zero-order chi connectivity index (χ0) is 14.0. The van der Waals surface area contributed by atoms with Gasteiger partial charge in [0, 0.05) is 0 Å². The fraction of sp³-hybridized carbons (Fsp3) is 0.389. The standard InChI is InChI=1S/C18H20OS/c1-14-10-13-20-16(14)17(19)18(11-6-3-7-12-18)15-8-4-2-5-9-15/h2,4-5,8-10,13H,3,6-7,11-12H2,1H3. The van der Waals surface area contributed by atoms with Crippen LogP contribution in [-0.4, -0.2) is 5.78 Å². The molecule has 1 nitrogen and oxygen atoms in total. The van der Waals surface area contributed by atoms with E-state index >= 15 is 0 Å². The van der Waals surface area contributed by atoms with Gasteiger partial charge in [0.2, 0.25) is 0 Å². The van der Waals surface area contributed by atoms with Crippen molar-refractivity contribution >= 4 is 17.1 Å². The molecule has 1 aromatic heterocycles. The Morgan fingerprint density at radius 2 is 1.75 bits per heavy atom. The van der Waals surface area contributed by atoms with Crippen LogP contribution in [0.25, 0.3) is 0 Å². The summed E-state index contributed by atoms with van der Waals surface area (Å²) in [6, 6.07) is 12.5. The molecule has 0 aliphatic heterocycles. The van der Waals surface area contributed by atoms with Crippen molar-refractivity contribution in [3.63, 3.8) is 0 Å². The van der Waals surface area contributed by atoms with Gasteiger partial charge in [-0.25, -0.2) is 0 Å². The molecule has 1 fully saturated rings. The van der Waals surface area contributed by atoms with Crippen LogP contribution < -0.4 is 0 Å². The van der Waals surface area contributed by atoms with Crippen LogP contribution in [-0.2, 0) is 5.41 Å². The van der Waals surface area contributed by atoms with Crippen LogP contribution in [0.15, 0.2) is 41.8 Å². The van der Waals surface area contributed by atoms with E-state index in [2.05, 4.69) is 30.3 Å². The maximum Gasteiger partial charge on any atom is 0.183 e. The van der Waals surface area contributed by atoms with Gasteiger partial charge in [-0.1, -0.05) is 49.6 Å². The number of hydrogen-bond acceptors (Lipinski definition) is 2. The summed E-state index contributed by atoms with van der Waals surface area (Å²) in [6.07, 6.45) is 5.56. The average molecular weight is 284 g/mol. The summed E-state index contributed by atoms with van der Waals surface area (Å²) in [5, 5.41) is 2.03. The lowest BCUT2D eigenvalue weighted by Crippen LogP contribution is -2.38. The Hall–Kier alpha value is -1.41. The molecule has 2 heteroatoms. The normalized spacial score (nSPS) is 17.9. The Bertz CT molecular complexity index is 591. The van der Waals surface area contributed by atoms with Gasteiger partial charge in [-0.05, 0) is 42.3 Å². The summed E-state index contributed by atoms with van der Waals surface area (Å²) in [7, 11) is 0. The fourth-order valence-corrected chi connectivity index (χ4v) is 4.35. The van der Waals surface area contributed by atoms with Crippen molar-refractivity contribution in [2.75, 3.05) is 0 Å². The molecule has 20 heavy (non-hydrogen) atoms. The van der Waals surface area contributed by atoms with Crippen molar-refractivity contribution in [2.45, 2.75) is 44.4 Å². The average Bonchev–Trinajstić information content (AvgIpc) is 2.94. The van der Waals surface area contributed by atoms with Crippen molar-refractivity contribution in [3.8, 4) is 0 Å². The predicted molar refractivity (Wildman–Crippen MR) is 84.6 cm³/mol. The van der Waals surface area contributed by atoms with Gasteiger partial charge in [0.25, 0.3) is 0 Å². The van der Waals surface area contributed by atoms with Crippen LogP contribution in [0.1, 0.15) is 52.9 Å². The van der Waals surface area contributed by atoms with E-state index in [0.29, 0.717) is 5.78 Å². The third-order valence-electron chi connectivity index (χ3n) is 4.54. The maximum atomic E-state index is 13.2. The second kappa shape index (κ2) is 5.53. The largest absolute Gasteiger partial charge is 0.292 e. The summed E-state index contributed by atoms with van der Waals surface area (Å²) < 4.78 is 0. The Kier molecular flexibility index (Phi) is 3.75. The minimum atomic E-state index is -0.283. The van der Waals surface area contributed by atoms with E-state index in [-0.39, 0.29) is 5.41 Å². The number of thiophene rings is 1. The van der Waals surface area contributed by atoms with E-state index in [1.807, 2.05) is 18.4 Å². The minimum absolute atomic E-state index is 0.283. The van der Waals surface area contributed by atoms with Gasteiger partial charge in [0.1, 0.15) is 0 Å². The van der Waals surface area contributed by atoms with Crippen molar-refractivity contribution < 1.29 is 4.79 Å². The number of aryl methyl sites for hydroxylation is 1. The van der Waals surface area contributed by atoms with Crippen molar-refractivity contribution in [1.82, 2.24) is 0 Å². The molecule has 1 saturated carbocycles. The molecular weight excluding hydrogens is 264 g/mol. The minimum Gasteiger partial charge on any atom is -0.292 e. The number of ketones is 1. The molecule has 104 valence electrons. The summed E-state index contributed by atoms with van der Waals surface area (Å²) in [6.45, 7) is 2.05. The molecule has 0 unspecified atom stereocenters. The quantitative estimate of drug-likeness (QED) is 0.713. The highest BCUT2D eigenvalue weighted by Gasteiger charge is 2.42. The highest BCUT2D eigenvalue weighted by atomic mass is 32.1. The number of Topliss-reactive ketones (excluding diaryl/α,β-unsaturated/α-hetero) is 1. The summed E-state index contributed by atoms with van der Waals surface area (Å²) in [5.41, 5.74) is 2.05. The van der Waals surface area contributed by atoms with E-state index in [1.165, 1.54) is 12.0 Å². The first-order valence-electron chi connectivity index (χ1n) is 7.38. The Morgan fingerprint density at radius 3 is 2.35 bits per heavy atom. The first-order chi connectivity index (χ1) is 9.74. The number of hydrogen-bond donors (Lipinski definition) is 0. The number of rotatable bonds is 3.